The molecule has 72 valence electrons. The van der Waals surface area contributed by atoms with Crippen LogP contribution in [0, 0.1) is 6.92 Å². The predicted octanol–water partition coefficient (Wildman–Crippen LogP) is 1.25. The first-order valence-electron chi connectivity index (χ1n) is 4.61. The number of nitrogens with one attached hydrogen (secondary N) is 1. The van der Waals surface area contributed by atoms with Gasteiger partial charge in [0.25, 0.3) is 0 Å². The van der Waals surface area contributed by atoms with Gasteiger partial charge in [-0.2, -0.15) is 0 Å². The first-order valence-corrected chi connectivity index (χ1v) is 4.61. The summed E-state index contributed by atoms with van der Waals surface area (Å²) in [5, 5.41) is 10.4. The number of aliphatic hydroxyl groups excluding tert-OH is 1. The lowest BCUT2D eigenvalue weighted by molar-refractivity contribution is 0.399. The molecule has 1 aromatic rings. The summed E-state index contributed by atoms with van der Waals surface area (Å²) in [7, 11) is 1.00. The third kappa shape index (κ3) is 2.29. The van der Waals surface area contributed by atoms with Gasteiger partial charge >= 0.3 is 0 Å². The van der Waals surface area contributed by atoms with E-state index in [1.165, 1.54) is 17.5 Å². The fraction of sp³-hybridized carbons (Fsp3) is 0.455. The Labute approximate surface area is 79.6 Å². The van der Waals surface area contributed by atoms with Gasteiger partial charge in [-0.25, -0.2) is 0 Å². The Balaban J connectivity index is 0.000000396. The van der Waals surface area contributed by atoms with Crippen molar-refractivity contribution in [3.8, 4) is 0 Å². The number of hydrogen-bond donors (Lipinski definition) is 2. The Morgan fingerprint density at radius 2 is 2.08 bits per heavy atom. The Kier molecular flexibility index (Phi) is 3.93. The Morgan fingerprint density at radius 3 is 2.77 bits per heavy atom. The number of rotatable bonds is 0. The molecule has 13 heavy (non-hydrogen) atoms. The molecule has 0 fully saturated rings. The van der Waals surface area contributed by atoms with Gasteiger partial charge in [-0.15, -0.1) is 0 Å². The first-order chi connectivity index (χ1) is 6.38. The molecule has 2 heteroatoms. The van der Waals surface area contributed by atoms with Gasteiger partial charge in [0, 0.05) is 13.7 Å². The normalized spacial score (nSPS) is 14.1. The maximum absolute atomic E-state index is 7.00. The third-order valence-electron chi connectivity index (χ3n) is 2.37. The standard InChI is InChI=1S/C10H13N.CH4O/c1-8-3-2-4-9-7-11-6-5-10(8)9;1-2/h2-4,11H,5-7H2,1H3;2H,1H3. The topological polar surface area (TPSA) is 32.3 Å². The summed E-state index contributed by atoms with van der Waals surface area (Å²) >= 11 is 0. The summed E-state index contributed by atoms with van der Waals surface area (Å²) in [5.74, 6) is 0. The van der Waals surface area contributed by atoms with Crippen LogP contribution in [-0.4, -0.2) is 18.8 Å². The second-order valence-corrected chi connectivity index (χ2v) is 3.14. The SMILES string of the molecule is CO.Cc1cccc2c1CCNC2. The van der Waals surface area contributed by atoms with Gasteiger partial charge in [0.15, 0.2) is 0 Å². The summed E-state index contributed by atoms with van der Waals surface area (Å²) in [6.07, 6.45) is 1.20. The molecule has 0 radical (unpaired) electrons. The summed E-state index contributed by atoms with van der Waals surface area (Å²) in [6, 6.07) is 6.56. The van der Waals surface area contributed by atoms with E-state index in [4.69, 9.17) is 5.11 Å². The molecule has 1 aliphatic heterocycles. The minimum absolute atomic E-state index is 1.00. The molecule has 0 atom stereocenters. The van der Waals surface area contributed by atoms with Gasteiger partial charge in [0.2, 0.25) is 0 Å². The molecule has 0 unspecified atom stereocenters. The second kappa shape index (κ2) is 5.00. The molecule has 0 aliphatic carbocycles. The van der Waals surface area contributed by atoms with E-state index in [0.717, 1.165) is 20.2 Å². The van der Waals surface area contributed by atoms with Gasteiger partial charge < -0.3 is 10.4 Å². The van der Waals surface area contributed by atoms with Crippen molar-refractivity contribution >= 4 is 0 Å². The van der Waals surface area contributed by atoms with Crippen LogP contribution in [0.25, 0.3) is 0 Å². The summed E-state index contributed by atoms with van der Waals surface area (Å²) < 4.78 is 0. The lowest BCUT2D eigenvalue weighted by Crippen LogP contribution is -2.24. The van der Waals surface area contributed by atoms with Crippen LogP contribution in [0.4, 0.5) is 0 Å². The summed E-state index contributed by atoms with van der Waals surface area (Å²) in [5.41, 5.74) is 4.49. The van der Waals surface area contributed by atoms with Crippen LogP contribution in [0.15, 0.2) is 18.2 Å². The number of benzene rings is 1. The molecule has 2 nitrogen and oxygen atoms in total. The van der Waals surface area contributed by atoms with Crippen molar-refractivity contribution in [3.63, 3.8) is 0 Å². The molecule has 1 aromatic carbocycles. The van der Waals surface area contributed by atoms with Crippen LogP contribution < -0.4 is 5.32 Å². The fourth-order valence-electron chi connectivity index (χ4n) is 1.72. The van der Waals surface area contributed by atoms with E-state index in [9.17, 15) is 0 Å². The molecule has 0 saturated heterocycles. The van der Waals surface area contributed by atoms with Crippen molar-refractivity contribution in [1.82, 2.24) is 5.32 Å². The van der Waals surface area contributed by atoms with E-state index in [-0.39, 0.29) is 0 Å². The number of aryl methyl sites for hydroxylation is 1. The largest absolute Gasteiger partial charge is 0.400 e. The lowest BCUT2D eigenvalue weighted by atomic mass is 9.97. The molecule has 1 heterocycles. The molecule has 2 N–H and O–H groups in total. The molecule has 1 aliphatic rings. The van der Waals surface area contributed by atoms with E-state index in [2.05, 4.69) is 30.4 Å². The lowest BCUT2D eigenvalue weighted by Gasteiger charge is -2.18. The van der Waals surface area contributed by atoms with Crippen LogP contribution in [0.3, 0.4) is 0 Å². The highest BCUT2D eigenvalue weighted by Crippen LogP contribution is 2.16. The van der Waals surface area contributed by atoms with Crippen LogP contribution in [0.1, 0.15) is 16.7 Å². The van der Waals surface area contributed by atoms with E-state index in [0.29, 0.717) is 0 Å². The van der Waals surface area contributed by atoms with Crippen molar-refractivity contribution in [2.45, 2.75) is 19.9 Å². The van der Waals surface area contributed by atoms with Crippen molar-refractivity contribution < 1.29 is 5.11 Å². The molecular formula is C11H17NO. The molecular weight excluding hydrogens is 162 g/mol. The second-order valence-electron chi connectivity index (χ2n) is 3.14. The van der Waals surface area contributed by atoms with Crippen LogP contribution in [0.5, 0.6) is 0 Å². The monoisotopic (exact) mass is 179 g/mol. The fourth-order valence-corrected chi connectivity index (χ4v) is 1.72. The third-order valence-corrected chi connectivity index (χ3v) is 2.37. The summed E-state index contributed by atoms with van der Waals surface area (Å²) in [4.78, 5) is 0. The van der Waals surface area contributed by atoms with Gasteiger partial charge in [0.1, 0.15) is 0 Å². The van der Waals surface area contributed by atoms with Crippen molar-refractivity contribution in [3.05, 3.63) is 34.9 Å². The highest BCUT2D eigenvalue weighted by molar-refractivity contribution is 5.35. The van der Waals surface area contributed by atoms with Crippen molar-refractivity contribution in [2.24, 2.45) is 0 Å². The molecule has 2 rings (SSSR count). The number of aliphatic hydroxyl groups is 1. The Hall–Kier alpha value is -0.860. The molecule has 0 amide bonds. The zero-order chi connectivity index (χ0) is 9.68. The zero-order valence-corrected chi connectivity index (χ0v) is 8.30. The molecule has 0 aromatic heterocycles. The van der Waals surface area contributed by atoms with Gasteiger partial charge in [-0.3, -0.25) is 0 Å². The predicted molar refractivity (Wildman–Crippen MR) is 54.7 cm³/mol. The van der Waals surface area contributed by atoms with E-state index in [1.807, 2.05) is 0 Å². The molecule has 0 bridgehead atoms. The average Bonchev–Trinajstić information content (AvgIpc) is 2.22. The van der Waals surface area contributed by atoms with Gasteiger partial charge in [-0.05, 0) is 36.6 Å². The van der Waals surface area contributed by atoms with E-state index < -0.39 is 0 Å². The van der Waals surface area contributed by atoms with Crippen molar-refractivity contribution in [1.29, 1.82) is 0 Å². The van der Waals surface area contributed by atoms with Gasteiger partial charge in [0.05, 0.1) is 0 Å². The quantitative estimate of drug-likeness (QED) is 0.628. The smallest absolute Gasteiger partial charge is 0.0319 e. The number of hydrogen-bond acceptors (Lipinski definition) is 2. The van der Waals surface area contributed by atoms with E-state index in [1.54, 1.807) is 5.56 Å². The Bertz CT molecular complexity index is 271. The zero-order valence-electron chi connectivity index (χ0n) is 8.30. The first kappa shape index (κ1) is 10.2. The van der Waals surface area contributed by atoms with Gasteiger partial charge in [-0.1, -0.05) is 18.2 Å². The maximum Gasteiger partial charge on any atom is 0.0319 e. The van der Waals surface area contributed by atoms with Crippen LogP contribution in [0.2, 0.25) is 0 Å². The van der Waals surface area contributed by atoms with E-state index >= 15 is 0 Å². The molecule has 0 spiro atoms. The molecule has 0 saturated carbocycles. The average molecular weight is 179 g/mol. The maximum atomic E-state index is 7.00. The minimum atomic E-state index is 1.00. The van der Waals surface area contributed by atoms with Crippen molar-refractivity contribution in [2.75, 3.05) is 13.7 Å². The minimum Gasteiger partial charge on any atom is -0.400 e. The summed E-state index contributed by atoms with van der Waals surface area (Å²) in [6.45, 7) is 4.39. The van der Waals surface area contributed by atoms with Crippen LogP contribution in [-0.2, 0) is 13.0 Å². The highest BCUT2D eigenvalue weighted by Gasteiger charge is 2.08. The van der Waals surface area contributed by atoms with Crippen LogP contribution >= 0.6 is 0 Å². The highest BCUT2D eigenvalue weighted by atomic mass is 16.2. The number of fused-ring (bicyclic) bond motifs is 1. The Morgan fingerprint density at radius 1 is 1.31 bits per heavy atom.